The van der Waals surface area contributed by atoms with Crippen molar-refractivity contribution in [3.63, 3.8) is 0 Å². The third kappa shape index (κ3) is 1.50. The Kier molecular flexibility index (Phi) is 2.52. The molecule has 5 heteroatoms. The molecule has 1 aromatic heterocycles. The van der Waals surface area contributed by atoms with Crippen LogP contribution in [-0.4, -0.2) is 22.6 Å². The molecule has 0 saturated heterocycles. The molecule has 0 aliphatic heterocycles. The van der Waals surface area contributed by atoms with Gasteiger partial charge in [-0.25, -0.2) is 9.59 Å². The molecule has 0 aliphatic rings. The van der Waals surface area contributed by atoms with Gasteiger partial charge in [-0.3, -0.25) is 4.57 Å². The monoisotopic (exact) mass is 220 g/mol. The van der Waals surface area contributed by atoms with Gasteiger partial charge < -0.3 is 9.72 Å². The Hall–Kier alpha value is -2.04. The number of esters is 1. The predicted octanol–water partition coefficient (Wildman–Crippen LogP) is 1.14. The fourth-order valence-electron chi connectivity index (χ4n) is 1.71. The molecule has 0 saturated carbocycles. The highest BCUT2D eigenvalue weighted by molar-refractivity contribution is 5.93. The van der Waals surface area contributed by atoms with Gasteiger partial charge in [0.05, 0.1) is 23.7 Å². The van der Waals surface area contributed by atoms with E-state index in [-0.39, 0.29) is 5.69 Å². The van der Waals surface area contributed by atoms with E-state index in [0.29, 0.717) is 12.1 Å². The van der Waals surface area contributed by atoms with Crippen molar-refractivity contribution in [2.75, 3.05) is 7.11 Å². The number of fused-ring (bicyclic) bond motifs is 1. The number of imidazole rings is 1. The summed E-state index contributed by atoms with van der Waals surface area (Å²) in [6.07, 6.45) is 0. The number of nitrogens with one attached hydrogen (secondary N) is 1. The predicted molar refractivity (Wildman–Crippen MR) is 59.6 cm³/mol. The van der Waals surface area contributed by atoms with E-state index in [1.165, 1.54) is 7.11 Å². The summed E-state index contributed by atoms with van der Waals surface area (Å²) >= 11 is 0. The average molecular weight is 220 g/mol. The summed E-state index contributed by atoms with van der Waals surface area (Å²) < 4.78 is 6.20. The van der Waals surface area contributed by atoms with Crippen molar-refractivity contribution in [3.8, 4) is 0 Å². The molecule has 0 unspecified atom stereocenters. The van der Waals surface area contributed by atoms with Crippen LogP contribution in [0.25, 0.3) is 11.0 Å². The number of hydrogen-bond donors (Lipinski definition) is 1. The SMILES string of the molecule is CCn1c(=O)[nH]c2ccc(C(=O)OC)cc21. The number of carbonyl (C=O) groups excluding carboxylic acids is 1. The van der Waals surface area contributed by atoms with Crippen molar-refractivity contribution in [2.24, 2.45) is 0 Å². The van der Waals surface area contributed by atoms with Crippen LogP contribution in [0.4, 0.5) is 0 Å². The van der Waals surface area contributed by atoms with Gasteiger partial charge in [-0.1, -0.05) is 0 Å². The number of methoxy groups -OCH3 is 1. The number of aromatic nitrogens is 2. The summed E-state index contributed by atoms with van der Waals surface area (Å²) in [5.41, 5.74) is 1.71. The van der Waals surface area contributed by atoms with E-state index >= 15 is 0 Å². The first-order chi connectivity index (χ1) is 7.67. The fourth-order valence-corrected chi connectivity index (χ4v) is 1.71. The van der Waals surface area contributed by atoms with Crippen molar-refractivity contribution in [1.29, 1.82) is 0 Å². The molecule has 84 valence electrons. The van der Waals surface area contributed by atoms with Crippen LogP contribution in [0.3, 0.4) is 0 Å². The van der Waals surface area contributed by atoms with Crippen LogP contribution in [0.2, 0.25) is 0 Å². The smallest absolute Gasteiger partial charge is 0.337 e. The van der Waals surface area contributed by atoms with E-state index < -0.39 is 5.97 Å². The third-order valence-electron chi connectivity index (χ3n) is 2.51. The van der Waals surface area contributed by atoms with E-state index in [4.69, 9.17) is 0 Å². The molecule has 5 nitrogen and oxygen atoms in total. The lowest BCUT2D eigenvalue weighted by atomic mass is 10.2. The zero-order chi connectivity index (χ0) is 11.7. The van der Waals surface area contributed by atoms with Gasteiger partial charge in [0.25, 0.3) is 0 Å². The van der Waals surface area contributed by atoms with Crippen LogP contribution >= 0.6 is 0 Å². The minimum Gasteiger partial charge on any atom is -0.465 e. The van der Waals surface area contributed by atoms with Crippen LogP contribution < -0.4 is 5.69 Å². The van der Waals surface area contributed by atoms with Crippen molar-refractivity contribution < 1.29 is 9.53 Å². The number of hydrogen-bond acceptors (Lipinski definition) is 3. The number of H-pyrrole nitrogens is 1. The van der Waals surface area contributed by atoms with E-state index in [1.807, 2.05) is 6.92 Å². The highest BCUT2D eigenvalue weighted by Gasteiger charge is 2.10. The molecule has 1 N–H and O–H groups in total. The highest BCUT2D eigenvalue weighted by Crippen LogP contribution is 2.13. The van der Waals surface area contributed by atoms with Gasteiger partial charge in [0.15, 0.2) is 0 Å². The van der Waals surface area contributed by atoms with Crippen molar-refractivity contribution in [3.05, 3.63) is 34.2 Å². The maximum atomic E-state index is 11.5. The zero-order valence-electron chi connectivity index (χ0n) is 9.11. The summed E-state index contributed by atoms with van der Waals surface area (Å²) in [6.45, 7) is 2.43. The first-order valence-electron chi connectivity index (χ1n) is 4.98. The molecule has 0 amide bonds. The zero-order valence-corrected chi connectivity index (χ0v) is 9.11. The Balaban J connectivity index is 2.68. The molecule has 16 heavy (non-hydrogen) atoms. The summed E-state index contributed by atoms with van der Waals surface area (Å²) in [6, 6.07) is 4.99. The minimum atomic E-state index is -0.404. The number of aryl methyl sites for hydroxylation is 1. The number of carbonyl (C=O) groups is 1. The van der Waals surface area contributed by atoms with Gasteiger partial charge >= 0.3 is 11.7 Å². The Morgan fingerprint density at radius 2 is 2.25 bits per heavy atom. The lowest BCUT2D eigenvalue weighted by Gasteiger charge is -2.01. The molecule has 0 atom stereocenters. The molecule has 0 bridgehead atoms. The number of rotatable bonds is 2. The van der Waals surface area contributed by atoms with Gasteiger partial charge in [0, 0.05) is 6.54 Å². The first-order valence-corrected chi connectivity index (χ1v) is 4.98. The largest absolute Gasteiger partial charge is 0.465 e. The maximum absolute atomic E-state index is 11.5. The molecule has 2 rings (SSSR count). The van der Waals surface area contributed by atoms with E-state index in [0.717, 1.165) is 11.0 Å². The lowest BCUT2D eigenvalue weighted by molar-refractivity contribution is 0.0601. The maximum Gasteiger partial charge on any atom is 0.337 e. The lowest BCUT2D eigenvalue weighted by Crippen LogP contribution is -2.15. The molecule has 1 heterocycles. The molecule has 0 aliphatic carbocycles. The Morgan fingerprint density at radius 3 is 2.88 bits per heavy atom. The van der Waals surface area contributed by atoms with Crippen molar-refractivity contribution >= 4 is 17.0 Å². The van der Waals surface area contributed by atoms with Gasteiger partial charge in [-0.2, -0.15) is 0 Å². The molecule has 2 aromatic rings. The minimum absolute atomic E-state index is 0.167. The Morgan fingerprint density at radius 1 is 1.50 bits per heavy atom. The fraction of sp³-hybridized carbons (Fsp3) is 0.273. The number of nitrogens with zero attached hydrogens (tertiary/aromatic N) is 1. The second-order valence-electron chi connectivity index (χ2n) is 3.40. The molecule has 1 aromatic carbocycles. The average Bonchev–Trinajstić information content (AvgIpc) is 2.62. The summed E-state index contributed by atoms with van der Waals surface area (Å²) in [7, 11) is 1.33. The molecule has 0 spiro atoms. The molecule has 0 fully saturated rings. The van der Waals surface area contributed by atoms with Crippen LogP contribution in [-0.2, 0) is 11.3 Å². The first kappa shape index (κ1) is 10.5. The van der Waals surface area contributed by atoms with E-state index in [1.54, 1.807) is 22.8 Å². The normalized spacial score (nSPS) is 10.6. The van der Waals surface area contributed by atoms with Crippen LogP contribution in [0.1, 0.15) is 17.3 Å². The van der Waals surface area contributed by atoms with Gasteiger partial charge in [-0.15, -0.1) is 0 Å². The summed E-state index contributed by atoms with van der Waals surface area (Å²) in [5.74, 6) is -0.404. The Bertz CT molecular complexity index is 595. The standard InChI is InChI=1S/C11H12N2O3/c1-3-13-9-6-7(10(14)16-2)4-5-8(9)12-11(13)15/h4-6H,3H2,1-2H3,(H,12,15). The van der Waals surface area contributed by atoms with Gasteiger partial charge in [0.1, 0.15) is 0 Å². The van der Waals surface area contributed by atoms with Crippen LogP contribution in [0, 0.1) is 0 Å². The van der Waals surface area contributed by atoms with Crippen LogP contribution in [0.5, 0.6) is 0 Å². The van der Waals surface area contributed by atoms with Crippen molar-refractivity contribution in [2.45, 2.75) is 13.5 Å². The third-order valence-corrected chi connectivity index (χ3v) is 2.51. The summed E-state index contributed by atoms with van der Waals surface area (Å²) in [4.78, 5) is 25.6. The van der Waals surface area contributed by atoms with Gasteiger partial charge in [0.2, 0.25) is 0 Å². The molecular formula is C11H12N2O3. The highest BCUT2D eigenvalue weighted by atomic mass is 16.5. The number of aromatic amines is 1. The quantitative estimate of drug-likeness (QED) is 0.772. The second kappa shape index (κ2) is 3.84. The van der Waals surface area contributed by atoms with Crippen molar-refractivity contribution in [1.82, 2.24) is 9.55 Å². The summed E-state index contributed by atoms with van der Waals surface area (Å²) in [5, 5.41) is 0. The number of ether oxygens (including phenoxy) is 1. The number of benzene rings is 1. The Labute approximate surface area is 91.6 Å². The topological polar surface area (TPSA) is 64.1 Å². The van der Waals surface area contributed by atoms with Crippen LogP contribution in [0.15, 0.2) is 23.0 Å². The van der Waals surface area contributed by atoms with E-state index in [9.17, 15) is 9.59 Å². The molecular weight excluding hydrogens is 208 g/mol. The second-order valence-corrected chi connectivity index (χ2v) is 3.40. The van der Waals surface area contributed by atoms with E-state index in [2.05, 4.69) is 9.72 Å². The van der Waals surface area contributed by atoms with Gasteiger partial charge in [-0.05, 0) is 25.1 Å². The molecule has 0 radical (unpaired) electrons.